The SMILES string of the molecule is Cc1ccc2oc(NC3=NC4(CCCC4)C4=C(CCCC4=O)N3)nc2c1.O=C(O)C(F)(F)F. The molecule has 176 valence electrons. The van der Waals surface area contributed by atoms with Crippen LogP contribution in [0.3, 0.4) is 0 Å². The highest BCUT2D eigenvalue weighted by molar-refractivity contribution is 6.04. The van der Waals surface area contributed by atoms with Gasteiger partial charge in [0, 0.05) is 17.7 Å². The first-order valence-corrected chi connectivity index (χ1v) is 10.7. The van der Waals surface area contributed by atoms with Crippen molar-refractivity contribution >= 4 is 34.8 Å². The van der Waals surface area contributed by atoms with E-state index in [4.69, 9.17) is 19.3 Å². The maximum absolute atomic E-state index is 12.6. The molecule has 0 atom stereocenters. The molecule has 11 heteroatoms. The van der Waals surface area contributed by atoms with Crippen LogP contribution in [-0.2, 0) is 9.59 Å². The molecule has 2 heterocycles. The Kier molecular flexibility index (Phi) is 5.89. The Balaban J connectivity index is 0.000000325. The van der Waals surface area contributed by atoms with Crippen LogP contribution in [0.1, 0.15) is 50.5 Å². The molecule has 3 aliphatic rings. The largest absolute Gasteiger partial charge is 0.490 e. The molecule has 1 aromatic heterocycles. The Hall–Kier alpha value is -3.37. The number of aryl methyl sites for hydroxylation is 1. The van der Waals surface area contributed by atoms with Crippen LogP contribution >= 0.6 is 0 Å². The number of carbonyl (C=O) groups is 2. The summed E-state index contributed by atoms with van der Waals surface area (Å²) in [6.07, 6.45) is 1.47. The highest BCUT2D eigenvalue weighted by atomic mass is 19.4. The van der Waals surface area contributed by atoms with Gasteiger partial charge < -0.3 is 14.8 Å². The van der Waals surface area contributed by atoms with E-state index >= 15 is 0 Å². The van der Waals surface area contributed by atoms with Crippen molar-refractivity contribution in [3.05, 3.63) is 35.0 Å². The molecule has 3 N–H and O–H groups in total. The summed E-state index contributed by atoms with van der Waals surface area (Å²) in [4.78, 5) is 30.9. The number of alkyl halides is 3. The number of nitrogens with one attached hydrogen (secondary N) is 2. The second-order valence-corrected chi connectivity index (χ2v) is 8.37. The minimum atomic E-state index is -5.08. The molecule has 0 radical (unpaired) electrons. The predicted octanol–water partition coefficient (Wildman–Crippen LogP) is 4.46. The minimum absolute atomic E-state index is 0.265. The Labute approximate surface area is 187 Å². The first-order valence-electron chi connectivity index (χ1n) is 10.7. The zero-order chi connectivity index (χ0) is 23.8. The lowest BCUT2D eigenvalue weighted by atomic mass is 9.78. The van der Waals surface area contributed by atoms with Gasteiger partial charge >= 0.3 is 18.2 Å². The van der Waals surface area contributed by atoms with Gasteiger partial charge in [0.2, 0.25) is 5.96 Å². The van der Waals surface area contributed by atoms with Gasteiger partial charge in [-0.05, 0) is 50.3 Å². The number of carbonyl (C=O) groups excluding carboxylic acids is 1. The summed E-state index contributed by atoms with van der Waals surface area (Å²) in [6, 6.07) is 6.36. The number of Topliss-reactive ketones (excluding diaryl/α,β-unsaturated/α-hetero) is 1. The van der Waals surface area contributed by atoms with Crippen LogP contribution in [0, 0.1) is 6.92 Å². The van der Waals surface area contributed by atoms with Gasteiger partial charge in [0.1, 0.15) is 5.52 Å². The third-order valence-corrected chi connectivity index (χ3v) is 5.91. The summed E-state index contributed by atoms with van der Waals surface area (Å²) in [5.74, 6) is -1.85. The van der Waals surface area contributed by atoms with Gasteiger partial charge in [-0.2, -0.15) is 18.2 Å². The van der Waals surface area contributed by atoms with E-state index in [9.17, 15) is 18.0 Å². The zero-order valence-corrected chi connectivity index (χ0v) is 17.9. The minimum Gasteiger partial charge on any atom is -0.475 e. The van der Waals surface area contributed by atoms with Gasteiger partial charge in [-0.1, -0.05) is 18.9 Å². The van der Waals surface area contributed by atoms with Crippen LogP contribution in [0.4, 0.5) is 19.2 Å². The van der Waals surface area contributed by atoms with Gasteiger partial charge in [0.05, 0.1) is 5.54 Å². The summed E-state index contributed by atoms with van der Waals surface area (Å²) in [5.41, 5.74) is 4.33. The molecule has 0 unspecified atom stereocenters. The fourth-order valence-corrected chi connectivity index (χ4v) is 4.52. The van der Waals surface area contributed by atoms with Crippen LogP contribution in [0.5, 0.6) is 0 Å². The van der Waals surface area contributed by atoms with E-state index in [1.54, 1.807) is 0 Å². The maximum atomic E-state index is 12.6. The Morgan fingerprint density at radius 1 is 1.21 bits per heavy atom. The Morgan fingerprint density at radius 2 is 1.91 bits per heavy atom. The number of halogens is 3. The van der Waals surface area contributed by atoms with Gasteiger partial charge in [-0.25, -0.2) is 9.79 Å². The van der Waals surface area contributed by atoms with Gasteiger partial charge in [-0.3, -0.25) is 10.1 Å². The molecule has 1 aliphatic heterocycles. The number of oxazole rings is 1. The number of allylic oxidation sites excluding steroid dienone is 1. The molecule has 0 amide bonds. The zero-order valence-electron chi connectivity index (χ0n) is 17.9. The average molecular weight is 464 g/mol. The van der Waals surface area contributed by atoms with Crippen molar-refractivity contribution in [2.45, 2.75) is 63.6 Å². The first-order chi connectivity index (χ1) is 15.6. The summed E-state index contributed by atoms with van der Waals surface area (Å²) in [7, 11) is 0. The summed E-state index contributed by atoms with van der Waals surface area (Å²) in [5, 5.41) is 13.7. The lowest BCUT2D eigenvalue weighted by molar-refractivity contribution is -0.192. The van der Waals surface area contributed by atoms with Gasteiger partial charge in [0.25, 0.3) is 0 Å². The van der Waals surface area contributed by atoms with Gasteiger partial charge in [-0.15, -0.1) is 0 Å². The van der Waals surface area contributed by atoms with Crippen LogP contribution < -0.4 is 10.6 Å². The van der Waals surface area contributed by atoms with E-state index in [0.29, 0.717) is 18.4 Å². The van der Waals surface area contributed by atoms with Crippen LogP contribution in [0.25, 0.3) is 11.1 Å². The molecule has 0 bridgehead atoms. The highest BCUT2D eigenvalue weighted by Crippen LogP contribution is 2.45. The number of rotatable bonds is 1. The average Bonchev–Trinajstić information content (AvgIpc) is 3.34. The van der Waals surface area contributed by atoms with Crippen molar-refractivity contribution in [3.8, 4) is 0 Å². The van der Waals surface area contributed by atoms with Crippen molar-refractivity contribution in [1.29, 1.82) is 0 Å². The quantitative estimate of drug-likeness (QED) is 0.570. The topological polar surface area (TPSA) is 117 Å². The number of fused-ring (bicyclic) bond motifs is 2. The highest BCUT2D eigenvalue weighted by Gasteiger charge is 2.45. The Morgan fingerprint density at radius 3 is 2.58 bits per heavy atom. The van der Waals surface area contributed by atoms with E-state index in [1.165, 1.54) is 0 Å². The van der Waals surface area contributed by atoms with Crippen LogP contribution in [0.2, 0.25) is 0 Å². The molecular formula is C22H23F3N4O4. The molecule has 1 saturated carbocycles. The van der Waals surface area contributed by atoms with E-state index in [1.807, 2.05) is 25.1 Å². The van der Waals surface area contributed by atoms with E-state index in [2.05, 4.69) is 15.6 Å². The number of hydrogen-bond donors (Lipinski definition) is 3. The molecule has 33 heavy (non-hydrogen) atoms. The molecular weight excluding hydrogens is 441 g/mol. The molecule has 2 aromatic rings. The summed E-state index contributed by atoms with van der Waals surface area (Å²) >= 11 is 0. The third-order valence-electron chi connectivity index (χ3n) is 5.91. The van der Waals surface area contributed by atoms with Crippen LogP contribution in [0.15, 0.2) is 38.9 Å². The third kappa shape index (κ3) is 4.71. The number of aliphatic carboxylic acids is 1. The van der Waals surface area contributed by atoms with E-state index in [-0.39, 0.29) is 11.3 Å². The fraction of sp³-hybridized carbons (Fsp3) is 0.455. The standard InChI is InChI=1S/C20H22N4O2.C2HF3O2/c1-12-7-8-16-14(11-12)22-19(26-16)23-18-21-13-5-4-6-15(25)17(13)20(24-18)9-2-3-10-20;3-2(4,5)1(6)7/h7-8,11H,2-6,9-10H2,1H3,(H2,21,22,23,24);(H,6,7). The number of aromatic nitrogens is 1. The first kappa shape index (κ1) is 22.8. The Bertz CT molecular complexity index is 1160. The number of guanidine groups is 1. The molecule has 2 aliphatic carbocycles. The molecule has 0 saturated heterocycles. The lowest BCUT2D eigenvalue weighted by Gasteiger charge is -2.37. The van der Waals surface area contributed by atoms with E-state index < -0.39 is 12.1 Å². The number of nitrogens with zero attached hydrogens (tertiary/aromatic N) is 2. The van der Waals surface area contributed by atoms with Crippen molar-refractivity contribution in [2.75, 3.05) is 5.32 Å². The normalized spacial score (nSPS) is 19.5. The lowest BCUT2D eigenvalue weighted by Crippen LogP contribution is -2.46. The number of carboxylic acid groups (broad SMARTS) is 1. The van der Waals surface area contributed by atoms with Crippen molar-refractivity contribution < 1.29 is 32.3 Å². The van der Waals surface area contributed by atoms with Crippen molar-refractivity contribution in [2.24, 2.45) is 4.99 Å². The fourth-order valence-electron chi connectivity index (χ4n) is 4.52. The number of hydrogen-bond acceptors (Lipinski definition) is 7. The number of benzene rings is 1. The number of ketones is 1. The number of anilines is 1. The molecule has 1 aromatic carbocycles. The summed E-state index contributed by atoms with van der Waals surface area (Å²) < 4.78 is 37.5. The maximum Gasteiger partial charge on any atom is 0.490 e. The molecule has 8 nitrogen and oxygen atoms in total. The van der Waals surface area contributed by atoms with E-state index in [0.717, 1.165) is 66.5 Å². The summed E-state index contributed by atoms with van der Waals surface area (Å²) in [6.45, 7) is 2.03. The molecule has 1 fully saturated rings. The number of carboxylic acids is 1. The van der Waals surface area contributed by atoms with Crippen LogP contribution in [-0.4, -0.2) is 39.5 Å². The van der Waals surface area contributed by atoms with Gasteiger partial charge in [0.15, 0.2) is 11.4 Å². The monoisotopic (exact) mass is 464 g/mol. The van der Waals surface area contributed by atoms with Crippen molar-refractivity contribution in [1.82, 2.24) is 10.3 Å². The molecule has 1 spiro atoms. The predicted molar refractivity (Wildman–Crippen MR) is 114 cm³/mol. The molecule has 5 rings (SSSR count). The second-order valence-electron chi connectivity index (χ2n) is 8.37. The smallest absolute Gasteiger partial charge is 0.475 e. The van der Waals surface area contributed by atoms with Crippen molar-refractivity contribution in [3.63, 3.8) is 0 Å². The number of aliphatic imine (C=N–C) groups is 1. The second kappa shape index (κ2) is 8.53.